The minimum atomic E-state index is -4.10. The Morgan fingerprint density at radius 2 is 1.05 bits per heavy atom. The molecule has 107 heavy (non-hydrogen) atoms. The number of nitrogens with zero attached hydrogens (tertiary/aromatic N) is 6. The highest BCUT2D eigenvalue weighted by atomic mass is 32.2. The van der Waals surface area contributed by atoms with Gasteiger partial charge >= 0.3 is 17.9 Å². The van der Waals surface area contributed by atoms with E-state index in [0.717, 1.165) is 94.7 Å². The van der Waals surface area contributed by atoms with Crippen molar-refractivity contribution in [2.45, 2.75) is 260 Å². The molecule has 588 valence electrons. The Morgan fingerprint density at radius 3 is 1.46 bits per heavy atom. The summed E-state index contributed by atoms with van der Waals surface area (Å²) in [7, 11) is -0.948. The molecule has 2 aromatic heterocycles. The monoisotopic (exact) mass is 1510 g/mol. The Balaban J connectivity index is 0.000000218. The van der Waals surface area contributed by atoms with Gasteiger partial charge in [0.15, 0.2) is 5.78 Å². The highest BCUT2D eigenvalue weighted by Crippen LogP contribution is 2.60. The summed E-state index contributed by atoms with van der Waals surface area (Å²) in [5.41, 5.74) is 0.559. The maximum absolute atomic E-state index is 15.0. The third-order valence-corrected chi connectivity index (χ3v) is 27.4. The molecule has 14 rings (SSSR count). The summed E-state index contributed by atoms with van der Waals surface area (Å²) in [6, 6.07) is 8.59. The number of carbonyl (C=O) groups excluding carboxylic acids is 6. The smallest absolute Gasteiger partial charge is 0.326 e. The third-order valence-electron chi connectivity index (χ3n) is 25.5. The minimum absolute atomic E-state index is 0. The molecule has 2 saturated heterocycles. The van der Waals surface area contributed by atoms with E-state index in [1.165, 1.54) is 16.2 Å². The number of ether oxygens (including phenoxy) is 6. The molecule has 0 spiro atoms. The largest absolute Gasteiger partial charge is 0.497 e. The molecule has 10 aliphatic rings. The molecule has 6 heterocycles. The van der Waals surface area contributed by atoms with Crippen molar-refractivity contribution in [2.24, 2.45) is 81.3 Å². The summed E-state index contributed by atoms with van der Waals surface area (Å²) in [4.78, 5) is 120. The van der Waals surface area contributed by atoms with Gasteiger partial charge in [-0.05, 0) is 167 Å². The van der Waals surface area contributed by atoms with Crippen LogP contribution in [0.2, 0.25) is 0 Å². The lowest BCUT2D eigenvalue weighted by molar-refractivity contribution is -0.162. The van der Waals surface area contributed by atoms with Crippen LogP contribution in [0.1, 0.15) is 210 Å². The van der Waals surface area contributed by atoms with Crippen molar-refractivity contribution in [1.29, 1.82) is 0 Å². The molecular weight excluding hydrogens is 1400 g/mol. The number of hydrogen-bond acceptors (Lipinski definition) is 19. The van der Waals surface area contributed by atoms with E-state index >= 15 is 4.79 Å². The van der Waals surface area contributed by atoms with Gasteiger partial charge in [0.25, 0.3) is 0 Å². The number of alkyl halides is 2. The molecule has 8 bridgehead atoms. The van der Waals surface area contributed by atoms with Gasteiger partial charge in [-0.1, -0.05) is 95.9 Å². The van der Waals surface area contributed by atoms with Crippen molar-refractivity contribution in [1.82, 2.24) is 34.5 Å². The number of halogens is 2. The number of Topliss-reactive ketones (excluding diaryl/α,β-unsaturated/α-hetero) is 1. The summed E-state index contributed by atoms with van der Waals surface area (Å²) in [6.45, 7) is 14.8. The van der Waals surface area contributed by atoms with Crippen LogP contribution in [0, 0.1) is 81.3 Å². The van der Waals surface area contributed by atoms with Gasteiger partial charge in [-0.15, -0.1) is 0 Å². The van der Waals surface area contributed by atoms with Crippen LogP contribution < -0.4 is 23.7 Å². The number of fused-ring (bicyclic) bond motifs is 18. The Hall–Kier alpha value is -7.38. The Bertz CT molecular complexity index is 4110. The summed E-state index contributed by atoms with van der Waals surface area (Å²) in [5.74, 6) is -4.82. The van der Waals surface area contributed by atoms with Crippen molar-refractivity contribution in [2.75, 3.05) is 27.3 Å². The SMILES string of the molecule is C.C.COc1ccc2nc3c(nc2c1)O[C@H]1CN(C(=O)[C@H](C(C)(C)C)CC(=O)O[C@@H]2[C@H]4CC[C@H](C4)[C@H]2CCCCC3)[C@H](C(=O)C[C@]2(C(=O)NS(=O)(=O)C3CC3)C[C@H]2C(F)F)[C@@H]1C.COc1ccc2nc3c(nc2c1)O[C@H]1CN(C(=O)[C@H](C(C)(C)C)CC(=O)O[C@@H]2[C@H]4CC[C@H](C4)[C@H]2CCCCC3)[C@H](C(=O)O)[C@@H]1C. The number of esters is 2. The zero-order valence-corrected chi connectivity index (χ0v) is 63.1. The fourth-order valence-electron chi connectivity index (χ4n) is 19.2. The van der Waals surface area contributed by atoms with E-state index in [1.54, 1.807) is 40.2 Å². The quantitative estimate of drug-likeness (QED) is 0.139. The average Bonchev–Trinajstić information content (AvgIpc) is 1.56. The van der Waals surface area contributed by atoms with E-state index in [2.05, 4.69) is 0 Å². The second kappa shape index (κ2) is 31.9. The molecule has 2 aromatic carbocycles. The number of benzene rings is 2. The van der Waals surface area contributed by atoms with Gasteiger partial charge in [0, 0.05) is 36.3 Å². The van der Waals surface area contributed by atoms with Crippen molar-refractivity contribution in [3.05, 3.63) is 47.8 Å². The first kappa shape index (κ1) is 80.6. The Kier molecular flexibility index (Phi) is 24.0. The number of rotatable bonds is 10. The minimum Gasteiger partial charge on any atom is -0.497 e. The maximum atomic E-state index is 15.0. The van der Waals surface area contributed by atoms with Gasteiger partial charge in [0.2, 0.25) is 45.9 Å². The molecule has 23 nitrogen and oxygen atoms in total. The van der Waals surface area contributed by atoms with Crippen molar-refractivity contribution in [3.63, 3.8) is 0 Å². The number of hydrogen-bond donors (Lipinski definition) is 2. The number of carboxylic acid groups (broad SMARTS) is 1. The fourth-order valence-corrected chi connectivity index (χ4v) is 20.6. The number of carbonyl (C=O) groups is 7. The van der Waals surface area contributed by atoms with Crippen LogP contribution in [0.4, 0.5) is 8.78 Å². The van der Waals surface area contributed by atoms with Crippen molar-refractivity contribution in [3.8, 4) is 23.3 Å². The number of carboxylic acids is 1. The summed E-state index contributed by atoms with van der Waals surface area (Å²) < 4.78 is 93.0. The highest BCUT2D eigenvalue weighted by molar-refractivity contribution is 7.91. The van der Waals surface area contributed by atoms with E-state index in [9.17, 15) is 51.1 Å². The second-order valence-electron chi connectivity index (χ2n) is 34.4. The molecule has 6 saturated carbocycles. The number of ketones is 1. The molecular formula is C81H113F2N7O16S. The van der Waals surface area contributed by atoms with Crippen molar-refractivity contribution >= 4 is 73.5 Å². The molecule has 0 unspecified atom stereocenters. The lowest BCUT2D eigenvalue weighted by Crippen LogP contribution is -2.50. The first-order valence-electron chi connectivity index (χ1n) is 38.5. The standard InChI is InChI=1S/C44H58F2N4O9S.C35H47N3O7.2CH4/c1-23-35-22-50(37(23)34(51)21-44(20-30(44)39(45)46)42(54)49-60(55,56)27-14-15-27)41(53)29(43(2,3)4)19-36(52)59-38-25-12-11-24(17-25)28(38)9-7-6-8-10-32-40(58-35)48-33-18-26(57-5)13-16-31(33)47-32;1-19-28-18-38(30(19)34(41)42)33(40)24(35(2,3)4)17-29(39)45-31-21-12-11-20(15-21)23(31)9-7-6-8-10-26-32(44-28)37-27-16-22(43-5)13-14-25(27)36-26;;/h13,16,18,23-25,27-30,35,37-39H,6-12,14-15,17,19-22H2,1-5H3,(H,49,54);13-14,16,19-21,23-24,28,30-31H,6-12,15,17-18H2,1-5H3,(H,41,42);2*1H4/t23-,24-,25+,28-,29-,30+,35+,37+,38-,44-;19-,20-,21+,23-,24-,28+,30+,31-;;/m11../s1. The highest BCUT2D eigenvalue weighted by Gasteiger charge is 2.67. The predicted octanol–water partition coefficient (Wildman–Crippen LogP) is 12.9. The van der Waals surface area contributed by atoms with E-state index in [4.69, 9.17) is 48.4 Å². The summed E-state index contributed by atoms with van der Waals surface area (Å²) >= 11 is 0. The number of nitrogens with one attached hydrogen (secondary N) is 1. The summed E-state index contributed by atoms with van der Waals surface area (Å²) in [6.07, 6.45) is 9.89. The average molecular weight is 1510 g/mol. The number of amides is 3. The molecule has 6 aliphatic carbocycles. The molecule has 0 radical (unpaired) electrons. The van der Waals surface area contributed by atoms with E-state index in [0.29, 0.717) is 89.0 Å². The van der Waals surface area contributed by atoms with E-state index in [-0.39, 0.29) is 89.0 Å². The number of aliphatic carboxylic acids is 1. The Labute approximate surface area is 628 Å². The van der Waals surface area contributed by atoms with E-state index < -0.39 is 128 Å². The van der Waals surface area contributed by atoms with Crippen LogP contribution >= 0.6 is 0 Å². The number of aryl methyl sites for hydroxylation is 2. The Morgan fingerprint density at radius 1 is 0.607 bits per heavy atom. The molecule has 18 atom stereocenters. The van der Waals surface area contributed by atoms with Crippen LogP contribution in [-0.4, -0.2) is 160 Å². The van der Waals surface area contributed by atoms with Gasteiger partial charge in [0.05, 0.1) is 90.8 Å². The van der Waals surface area contributed by atoms with Gasteiger partial charge in [-0.2, -0.15) is 0 Å². The van der Waals surface area contributed by atoms with Crippen LogP contribution in [0.3, 0.4) is 0 Å². The lowest BCUT2D eigenvalue weighted by Gasteiger charge is -2.36. The third kappa shape index (κ3) is 16.7. The number of methoxy groups -OCH3 is 2. The predicted molar refractivity (Wildman–Crippen MR) is 396 cm³/mol. The number of aromatic nitrogens is 4. The van der Waals surface area contributed by atoms with Crippen LogP contribution in [0.25, 0.3) is 22.1 Å². The lowest BCUT2D eigenvalue weighted by atomic mass is 9.77. The fraction of sp³-hybridized carbons (Fsp3) is 0.716. The molecule has 4 aromatic rings. The molecule has 26 heteroatoms. The summed E-state index contributed by atoms with van der Waals surface area (Å²) in [5, 5.41) is 9.55. The van der Waals surface area contributed by atoms with Gasteiger partial charge in [-0.3, -0.25) is 33.5 Å². The topological polar surface area (TPSA) is 299 Å². The van der Waals surface area contributed by atoms with Crippen LogP contribution in [0.15, 0.2) is 36.4 Å². The zero-order valence-electron chi connectivity index (χ0n) is 62.3. The number of sulfonamides is 1. The van der Waals surface area contributed by atoms with Crippen LogP contribution in [0.5, 0.6) is 23.3 Å². The van der Waals surface area contributed by atoms with Crippen molar-refractivity contribution < 1.29 is 84.3 Å². The maximum Gasteiger partial charge on any atom is 0.326 e. The van der Waals surface area contributed by atoms with Crippen LogP contribution in [-0.2, 0) is 65.9 Å². The zero-order chi connectivity index (χ0) is 74.9. The first-order chi connectivity index (χ1) is 49.8. The molecule has 4 aliphatic heterocycles. The first-order valence-corrected chi connectivity index (χ1v) is 40.0. The van der Waals surface area contributed by atoms with Gasteiger partial charge in [-0.25, -0.2) is 41.9 Å². The normalized spacial score (nSPS) is 32.6. The molecule has 3 amide bonds. The van der Waals surface area contributed by atoms with Gasteiger partial charge < -0.3 is 43.3 Å². The second-order valence-corrected chi connectivity index (χ2v) is 36.3. The van der Waals surface area contributed by atoms with Gasteiger partial charge in [0.1, 0.15) is 53.3 Å². The molecule has 2 N–H and O–H groups in total. The molecule has 8 fully saturated rings. The van der Waals surface area contributed by atoms with E-state index in [1.807, 2.05) is 70.5 Å².